The monoisotopic (exact) mass is 380 g/mol. The molecule has 1 aromatic rings. The van der Waals surface area contributed by atoms with Gasteiger partial charge in [0, 0.05) is 31.0 Å². The zero-order valence-electron chi connectivity index (χ0n) is 14.8. The quantitative estimate of drug-likeness (QED) is 0.768. The zero-order valence-corrected chi connectivity index (χ0v) is 15.5. The number of amides is 2. The molecule has 0 unspecified atom stereocenters. The number of hydrogen-bond acceptors (Lipinski definition) is 4. The van der Waals surface area contributed by atoms with Gasteiger partial charge in [0.1, 0.15) is 6.10 Å². The van der Waals surface area contributed by atoms with Crippen molar-refractivity contribution in [1.82, 2.24) is 10.6 Å². The van der Waals surface area contributed by atoms with E-state index in [0.717, 1.165) is 31.2 Å². The molecular formula is C19H25ClN2O4. The highest BCUT2D eigenvalue weighted by Crippen LogP contribution is 2.37. The largest absolute Gasteiger partial charge is 0.348 e. The molecule has 1 aliphatic carbocycles. The van der Waals surface area contributed by atoms with Gasteiger partial charge in [-0.15, -0.1) is 0 Å². The van der Waals surface area contributed by atoms with Gasteiger partial charge in [-0.3, -0.25) is 9.59 Å². The van der Waals surface area contributed by atoms with Gasteiger partial charge in [0.15, 0.2) is 5.79 Å². The minimum atomic E-state index is -0.644. The standard InChI is InChI=1S/C19H25ClN2O4/c20-15-6-4-14(5-7-15)8-11-21-17(23)18(24)22-12-16-13-25-19(26-16)9-2-1-3-10-19/h4-7,16H,1-3,8-13H2,(H,21,23)(H,22,24)/t16-/m0/s1. The third-order valence-electron chi connectivity index (χ3n) is 4.84. The Morgan fingerprint density at radius 3 is 2.50 bits per heavy atom. The highest BCUT2D eigenvalue weighted by atomic mass is 35.5. The van der Waals surface area contributed by atoms with E-state index in [2.05, 4.69) is 10.6 Å². The highest BCUT2D eigenvalue weighted by Gasteiger charge is 2.42. The van der Waals surface area contributed by atoms with Gasteiger partial charge in [-0.05, 0) is 37.0 Å². The molecule has 1 spiro atoms. The summed E-state index contributed by atoms with van der Waals surface area (Å²) in [6, 6.07) is 7.39. The smallest absolute Gasteiger partial charge is 0.309 e. The SMILES string of the molecule is O=C(NCCc1ccc(Cl)cc1)C(=O)NC[C@H]1COC2(CCCCC2)O1. The number of rotatable bonds is 5. The fourth-order valence-electron chi connectivity index (χ4n) is 3.41. The summed E-state index contributed by atoms with van der Waals surface area (Å²) in [6.07, 6.45) is 5.68. The number of benzene rings is 1. The van der Waals surface area contributed by atoms with Crippen molar-refractivity contribution in [3.63, 3.8) is 0 Å². The summed E-state index contributed by atoms with van der Waals surface area (Å²) in [7, 11) is 0. The maximum absolute atomic E-state index is 11.9. The van der Waals surface area contributed by atoms with E-state index in [0.29, 0.717) is 24.6 Å². The minimum Gasteiger partial charge on any atom is -0.348 e. The van der Waals surface area contributed by atoms with Crippen LogP contribution in [-0.4, -0.2) is 43.4 Å². The molecule has 0 aromatic heterocycles. The second kappa shape index (κ2) is 8.84. The van der Waals surface area contributed by atoms with Crippen LogP contribution in [0.15, 0.2) is 24.3 Å². The number of ether oxygens (including phenoxy) is 2. The predicted molar refractivity (Wildman–Crippen MR) is 97.8 cm³/mol. The summed E-state index contributed by atoms with van der Waals surface area (Å²) < 4.78 is 11.8. The molecule has 1 atom stereocenters. The van der Waals surface area contributed by atoms with Crippen LogP contribution in [0.2, 0.25) is 5.02 Å². The van der Waals surface area contributed by atoms with Crippen molar-refractivity contribution >= 4 is 23.4 Å². The van der Waals surface area contributed by atoms with Crippen molar-refractivity contribution in [2.45, 2.75) is 50.4 Å². The Morgan fingerprint density at radius 1 is 1.08 bits per heavy atom. The first-order chi connectivity index (χ1) is 12.6. The van der Waals surface area contributed by atoms with Crippen molar-refractivity contribution in [1.29, 1.82) is 0 Å². The first kappa shape index (κ1) is 19.1. The first-order valence-electron chi connectivity index (χ1n) is 9.19. The van der Waals surface area contributed by atoms with Gasteiger partial charge in [-0.1, -0.05) is 30.2 Å². The molecule has 2 aliphatic rings. The molecule has 1 saturated heterocycles. The topological polar surface area (TPSA) is 76.7 Å². The van der Waals surface area contributed by atoms with E-state index in [1.54, 1.807) is 12.1 Å². The van der Waals surface area contributed by atoms with Gasteiger partial charge < -0.3 is 20.1 Å². The number of halogens is 1. The molecular weight excluding hydrogens is 356 g/mol. The molecule has 1 aliphatic heterocycles. The molecule has 6 nitrogen and oxygen atoms in total. The van der Waals surface area contributed by atoms with Crippen LogP contribution in [0.4, 0.5) is 0 Å². The third-order valence-corrected chi connectivity index (χ3v) is 5.09. The minimum absolute atomic E-state index is 0.195. The fraction of sp³-hybridized carbons (Fsp3) is 0.579. The fourth-order valence-corrected chi connectivity index (χ4v) is 3.53. The lowest BCUT2D eigenvalue weighted by Crippen LogP contribution is -2.44. The molecule has 1 heterocycles. The van der Waals surface area contributed by atoms with Crippen molar-refractivity contribution in [3.8, 4) is 0 Å². The molecule has 1 saturated carbocycles. The van der Waals surface area contributed by atoms with Crippen LogP contribution in [0, 0.1) is 0 Å². The average Bonchev–Trinajstić information content (AvgIpc) is 3.04. The van der Waals surface area contributed by atoms with E-state index < -0.39 is 17.6 Å². The van der Waals surface area contributed by atoms with Gasteiger partial charge in [0.05, 0.1) is 6.61 Å². The van der Waals surface area contributed by atoms with Crippen LogP contribution < -0.4 is 10.6 Å². The Labute approximate surface area is 158 Å². The van der Waals surface area contributed by atoms with Gasteiger partial charge in [-0.2, -0.15) is 0 Å². The number of carbonyl (C=O) groups is 2. The van der Waals surface area contributed by atoms with Crippen LogP contribution in [0.1, 0.15) is 37.7 Å². The summed E-state index contributed by atoms with van der Waals surface area (Å²) in [5.74, 6) is -1.74. The van der Waals surface area contributed by atoms with E-state index in [-0.39, 0.29) is 12.6 Å². The molecule has 0 bridgehead atoms. The van der Waals surface area contributed by atoms with Crippen molar-refractivity contribution in [3.05, 3.63) is 34.9 Å². The zero-order chi connectivity index (χ0) is 18.4. The van der Waals surface area contributed by atoms with Crippen LogP contribution >= 0.6 is 11.6 Å². The van der Waals surface area contributed by atoms with Gasteiger partial charge in [-0.25, -0.2) is 0 Å². The molecule has 2 fully saturated rings. The molecule has 26 heavy (non-hydrogen) atoms. The number of carbonyl (C=O) groups excluding carboxylic acids is 2. The third kappa shape index (κ3) is 5.19. The van der Waals surface area contributed by atoms with Crippen LogP contribution in [0.5, 0.6) is 0 Å². The van der Waals surface area contributed by atoms with Crippen molar-refractivity contribution in [2.24, 2.45) is 0 Å². The molecule has 7 heteroatoms. The van der Waals surface area contributed by atoms with E-state index in [9.17, 15) is 9.59 Å². The Hall–Kier alpha value is -1.63. The highest BCUT2D eigenvalue weighted by molar-refractivity contribution is 6.35. The molecule has 2 N–H and O–H groups in total. The van der Waals surface area contributed by atoms with Crippen molar-refractivity contribution < 1.29 is 19.1 Å². The number of hydrogen-bond donors (Lipinski definition) is 2. The van der Waals surface area contributed by atoms with Gasteiger partial charge in [0.2, 0.25) is 0 Å². The van der Waals surface area contributed by atoms with Gasteiger partial charge in [0.25, 0.3) is 0 Å². The summed E-state index contributed by atoms with van der Waals surface area (Å²) >= 11 is 5.83. The molecule has 142 valence electrons. The summed E-state index contributed by atoms with van der Waals surface area (Å²) in [6.45, 7) is 1.13. The maximum atomic E-state index is 11.9. The van der Waals surface area contributed by atoms with E-state index >= 15 is 0 Å². The van der Waals surface area contributed by atoms with E-state index in [4.69, 9.17) is 21.1 Å². The maximum Gasteiger partial charge on any atom is 0.309 e. The first-order valence-corrected chi connectivity index (χ1v) is 9.56. The lowest BCUT2D eigenvalue weighted by atomic mass is 9.94. The van der Waals surface area contributed by atoms with Gasteiger partial charge >= 0.3 is 11.8 Å². The van der Waals surface area contributed by atoms with Crippen LogP contribution in [0.25, 0.3) is 0 Å². The summed E-state index contributed by atoms with van der Waals surface area (Å²) in [5.41, 5.74) is 1.05. The molecule has 1 aromatic carbocycles. The Balaban J connectivity index is 1.34. The molecule has 2 amide bonds. The van der Waals surface area contributed by atoms with E-state index in [1.165, 1.54) is 6.42 Å². The Morgan fingerprint density at radius 2 is 1.77 bits per heavy atom. The molecule has 0 radical (unpaired) electrons. The average molecular weight is 381 g/mol. The summed E-state index contributed by atoms with van der Waals surface area (Å²) in [4.78, 5) is 23.8. The van der Waals surface area contributed by atoms with E-state index in [1.807, 2.05) is 12.1 Å². The normalized spacial score (nSPS) is 21.5. The van der Waals surface area contributed by atoms with Crippen molar-refractivity contribution in [2.75, 3.05) is 19.7 Å². The van der Waals surface area contributed by atoms with Crippen LogP contribution in [0.3, 0.4) is 0 Å². The lowest BCUT2D eigenvalue weighted by Gasteiger charge is -2.31. The summed E-state index contributed by atoms with van der Waals surface area (Å²) in [5, 5.41) is 5.92. The lowest BCUT2D eigenvalue weighted by molar-refractivity contribution is -0.186. The molecule has 3 rings (SSSR count). The predicted octanol–water partition coefficient (Wildman–Crippen LogP) is 2.19. The number of nitrogens with one attached hydrogen (secondary N) is 2. The second-order valence-corrected chi connectivity index (χ2v) is 7.30. The second-order valence-electron chi connectivity index (χ2n) is 6.86. The Bertz CT molecular complexity index is 629. The Kier molecular flexibility index (Phi) is 6.51. The van der Waals surface area contributed by atoms with Crippen LogP contribution in [-0.2, 0) is 25.5 Å².